The maximum absolute atomic E-state index is 13.9. The van der Waals surface area contributed by atoms with Crippen LogP contribution in [0.1, 0.15) is 112 Å². The molecule has 30 nitrogen and oxygen atoms in total. The van der Waals surface area contributed by atoms with Gasteiger partial charge in [0.1, 0.15) is 28.5 Å². The zero-order valence-corrected chi connectivity index (χ0v) is 64.3. The van der Waals surface area contributed by atoms with Gasteiger partial charge in [-0.1, -0.05) is 37.1 Å². The van der Waals surface area contributed by atoms with Crippen molar-refractivity contribution in [3.8, 4) is 11.5 Å². The first-order chi connectivity index (χ1) is 52.5. The average Bonchev–Trinajstić information content (AvgIpc) is 1.12. The van der Waals surface area contributed by atoms with Crippen LogP contribution in [0.5, 0.6) is 11.5 Å². The normalized spacial score (nSPS) is 18.4. The number of amides is 1. The van der Waals surface area contributed by atoms with Gasteiger partial charge >= 0.3 is 11.9 Å². The van der Waals surface area contributed by atoms with Crippen LogP contribution in [0.3, 0.4) is 0 Å². The van der Waals surface area contributed by atoms with Crippen molar-refractivity contribution in [2.75, 3.05) is 108 Å². The Balaban J connectivity index is 0.000000251. The number of nitrogens with one attached hydrogen (secondary N) is 4. The zero-order chi connectivity index (χ0) is 80.4. The highest BCUT2D eigenvalue weighted by Gasteiger charge is 2.35. The van der Waals surface area contributed by atoms with Gasteiger partial charge in [-0.3, -0.25) is 40.0 Å². The van der Waals surface area contributed by atoms with Gasteiger partial charge < -0.3 is 45.2 Å². The fraction of sp³-hybridized carbons (Fsp3) is 0.452. The lowest BCUT2D eigenvalue weighted by Gasteiger charge is -2.39. The summed E-state index contributed by atoms with van der Waals surface area (Å²) in [4.78, 5) is 55.6. The number of rotatable bonds is 24. The van der Waals surface area contributed by atoms with Gasteiger partial charge in [0.15, 0.2) is 0 Å². The number of alkyl halides is 3. The minimum absolute atomic E-state index is 0.0473. The lowest BCUT2D eigenvalue weighted by atomic mass is 9.72. The van der Waals surface area contributed by atoms with Crippen LogP contribution in [-0.2, 0) is 50.5 Å². The molecule has 4 aliphatic heterocycles. The highest BCUT2D eigenvalue weighted by atomic mass is 35.5. The first-order valence-electron chi connectivity index (χ1n) is 35.9. The molecule has 7 aromatic rings. The van der Waals surface area contributed by atoms with Crippen molar-refractivity contribution in [2.24, 2.45) is 39.2 Å². The topological polar surface area (TPSA) is 435 Å². The van der Waals surface area contributed by atoms with Crippen LogP contribution in [0.25, 0.3) is 16.6 Å². The van der Waals surface area contributed by atoms with Crippen molar-refractivity contribution in [2.45, 2.75) is 112 Å². The van der Waals surface area contributed by atoms with E-state index in [0.717, 1.165) is 144 Å². The number of ether oxygens (including phenoxy) is 4. The number of aromatic amines is 1. The number of benzene rings is 5. The Morgan fingerprint density at radius 1 is 0.703 bits per heavy atom. The van der Waals surface area contributed by atoms with Crippen molar-refractivity contribution >= 4 is 98.3 Å². The molecule has 4 saturated heterocycles. The van der Waals surface area contributed by atoms with Gasteiger partial charge in [-0.05, 0) is 191 Å². The van der Waals surface area contributed by atoms with Crippen LogP contribution in [0.4, 0.5) is 51.7 Å². The van der Waals surface area contributed by atoms with E-state index in [1.54, 1.807) is 24.4 Å². The van der Waals surface area contributed by atoms with E-state index >= 15 is 0 Å². The summed E-state index contributed by atoms with van der Waals surface area (Å²) in [6.07, 6.45) is 10.5. The average molecular weight is 1630 g/mol. The third kappa shape index (κ3) is 24.7. The molecule has 0 bridgehead atoms. The molecule has 10 N–H and O–H groups in total. The van der Waals surface area contributed by atoms with E-state index in [-0.39, 0.29) is 43.7 Å². The molecule has 6 heterocycles. The van der Waals surface area contributed by atoms with Gasteiger partial charge in [-0.25, -0.2) is 45.2 Å². The summed E-state index contributed by atoms with van der Waals surface area (Å²) in [5, 5.41) is 50.0. The molecule has 2 aromatic heterocycles. The van der Waals surface area contributed by atoms with Crippen LogP contribution >= 0.6 is 11.6 Å². The molecule has 12 rings (SSSR count). The molecule has 3 atom stereocenters. The molecule has 0 spiro atoms. The second-order valence-electron chi connectivity index (χ2n) is 28.3. The van der Waals surface area contributed by atoms with E-state index in [9.17, 15) is 78.0 Å². The van der Waals surface area contributed by atoms with Gasteiger partial charge in [0.05, 0.1) is 46.8 Å². The number of nitrogens with zero attached hydrogens (tertiary/aromatic N) is 6. The molecule has 38 heteroatoms. The van der Waals surface area contributed by atoms with Gasteiger partial charge in [0, 0.05) is 132 Å². The van der Waals surface area contributed by atoms with Gasteiger partial charge in [-0.15, -0.1) is 0 Å². The lowest BCUT2D eigenvalue weighted by molar-refractivity contribution is -0.387. The number of H-pyrrole nitrogens is 1. The van der Waals surface area contributed by atoms with Crippen molar-refractivity contribution in [1.82, 2.24) is 19.6 Å². The van der Waals surface area contributed by atoms with Gasteiger partial charge in [-0.2, -0.15) is 17.6 Å². The monoisotopic (exact) mass is 1630 g/mol. The number of carbonyl (C=O) groups is 1. The number of sulfonamides is 3. The summed E-state index contributed by atoms with van der Waals surface area (Å²) in [7, 11) is -12.6. The molecule has 5 aliphatic rings. The molecule has 4 fully saturated rings. The lowest BCUT2D eigenvalue weighted by Crippen LogP contribution is -2.47. The Labute approximate surface area is 644 Å². The van der Waals surface area contributed by atoms with Crippen LogP contribution < -0.4 is 41.0 Å². The van der Waals surface area contributed by atoms with Gasteiger partial charge in [0.2, 0.25) is 25.9 Å². The van der Waals surface area contributed by atoms with Crippen molar-refractivity contribution in [1.29, 1.82) is 0 Å². The van der Waals surface area contributed by atoms with E-state index in [1.165, 1.54) is 55.4 Å². The molecular weight excluding hydrogens is 1540 g/mol. The maximum atomic E-state index is 13.9. The SMILES string of the molecule is CC1(C)CCC(CN2CCN(c3ccc(C(=O)NS(=O)(=O)c4ccc(NCCC5CCCOC5)c([N+](=O)[O-])c4)c(Oc4cnc5[nH]ccc5c4)c3)CC2)=C(c2ccc(C(F)(F)F)cc2Cl)C1.NCCC1CCCOC1.NS(=O)(=O)c1ccc(F)c([N+](=O)[O-])c1.NS(=O)(=O)c1ccc(NCCC2CCCOC2)c([N+](=O)[O-])c1. The number of halogens is 5. The smallest absolute Gasteiger partial charge is 0.416 e. The summed E-state index contributed by atoms with van der Waals surface area (Å²) in [5.74, 6) is -0.240. The first-order valence-corrected chi connectivity index (χ1v) is 40.9. The second-order valence-corrected chi connectivity index (χ2v) is 33.5. The number of hydrogen-bond donors (Lipinski definition) is 7. The number of pyridine rings is 1. The second kappa shape index (κ2) is 38.5. The van der Waals surface area contributed by atoms with Crippen LogP contribution in [0.2, 0.25) is 5.02 Å². The highest BCUT2D eigenvalue weighted by molar-refractivity contribution is 7.90. The molecule has 1 aliphatic carbocycles. The van der Waals surface area contributed by atoms with Crippen LogP contribution in [0.15, 0.2) is 136 Å². The number of primary sulfonamides is 2. The molecule has 111 heavy (non-hydrogen) atoms. The van der Waals surface area contributed by atoms with Gasteiger partial charge in [0.25, 0.3) is 27.3 Å². The third-order valence-electron chi connectivity index (χ3n) is 19.5. The summed E-state index contributed by atoms with van der Waals surface area (Å²) in [5.41, 5.74) is 7.35. The highest BCUT2D eigenvalue weighted by Crippen LogP contribution is 2.46. The number of aromatic nitrogens is 2. The summed E-state index contributed by atoms with van der Waals surface area (Å²) >= 11 is 6.53. The first kappa shape index (κ1) is 86.0. The number of nitrogens with two attached hydrogens (primary N) is 3. The fourth-order valence-corrected chi connectivity index (χ4v) is 15.8. The number of anilines is 3. The number of hydrogen-bond acceptors (Lipinski definition) is 23. The minimum Gasteiger partial charge on any atom is -0.455 e. The quantitative estimate of drug-likeness (QED) is 0.0168. The molecule has 0 saturated carbocycles. The number of carbonyl (C=O) groups excluding carboxylic acids is 1. The molecule has 0 radical (unpaired) electrons. The molecule has 3 unspecified atom stereocenters. The van der Waals surface area contributed by atoms with E-state index in [4.69, 9.17) is 46.6 Å². The Hall–Kier alpha value is -9.02. The van der Waals surface area contributed by atoms with E-state index < -0.39 is 89.5 Å². The predicted molar refractivity (Wildman–Crippen MR) is 409 cm³/mol. The van der Waals surface area contributed by atoms with E-state index in [1.807, 2.05) is 6.07 Å². The fourth-order valence-electron chi connectivity index (χ4n) is 13.4. The van der Waals surface area contributed by atoms with Crippen LogP contribution in [0, 0.1) is 59.3 Å². The standard InChI is InChI=1S/C47H51ClF3N7O7S.C13H19N3O5S.C7H15NO.C6H5FN2O4S/c1-46(2)14-11-32(39(26-46)37-8-5-33(23-40(37)48)47(49,50)51)28-56-17-19-57(20-18-56)34-6-9-38(43(24-34)65-35-22-31-13-16-53-44(31)54-27-35)45(59)55-66(62,63)36-7-10-41(42(25-36)58(60)61)52-15-12-30-4-3-21-64-29-30;14-22(19,20)11-3-4-12(13(8-11)16(17)18)15-6-5-10-2-1-7-21-9-10;8-4-3-7-2-1-5-9-6-7;7-5-2-1-4(14(8,12)13)3-6(5)9(10)11/h5-10,13,16,22-25,27,30,52H,3-4,11-12,14-15,17-21,26,28-29H2,1-2H3,(H,53,54)(H,55,59);3-4,8,10,15H,1-2,5-7,9H2,(H2,14,19,20);7H,1-6,8H2;1-3H,(H2,8,12,13). The molecule has 1 amide bonds. The number of allylic oxidation sites excluding steroid dienone is 1. The number of fused-ring (bicyclic) bond motifs is 1. The number of piperazine rings is 1. The maximum Gasteiger partial charge on any atom is 0.416 e. The van der Waals surface area contributed by atoms with E-state index in [2.05, 4.69) is 49.0 Å². The molecule has 602 valence electrons. The van der Waals surface area contributed by atoms with Crippen molar-refractivity contribution in [3.05, 3.63) is 179 Å². The summed E-state index contributed by atoms with van der Waals surface area (Å²) in [6, 6.07) is 21.1. The Kier molecular flexibility index (Phi) is 29.8. The number of nitro benzene ring substituents is 3. The molecule has 5 aromatic carbocycles. The van der Waals surface area contributed by atoms with Crippen molar-refractivity contribution < 1.29 is 81.3 Å². The van der Waals surface area contributed by atoms with Crippen molar-refractivity contribution in [3.63, 3.8) is 0 Å². The Bertz CT molecular complexity index is 4840. The zero-order valence-electron chi connectivity index (χ0n) is 61.1. The Morgan fingerprint density at radius 2 is 1.24 bits per heavy atom. The van der Waals surface area contributed by atoms with Crippen LogP contribution in [-0.4, -0.2) is 153 Å². The third-order valence-corrected chi connectivity index (χ3v) is 23.0. The molecular formula is C73H90ClF4N13O17S3. The Morgan fingerprint density at radius 3 is 1.77 bits per heavy atom. The van der Waals surface area contributed by atoms with E-state index in [0.29, 0.717) is 112 Å². The summed E-state index contributed by atoms with van der Waals surface area (Å²) in [6.45, 7) is 14.0. The number of nitro groups is 3. The largest absolute Gasteiger partial charge is 0.455 e. The predicted octanol–water partition coefficient (Wildman–Crippen LogP) is 12.7. The minimum atomic E-state index is -4.61. The summed E-state index contributed by atoms with van der Waals surface area (Å²) < 4.78 is 149.